The lowest BCUT2D eigenvalue weighted by molar-refractivity contribution is -0.137. The summed E-state index contributed by atoms with van der Waals surface area (Å²) >= 11 is 1.37. The Bertz CT molecular complexity index is 1140. The van der Waals surface area contributed by atoms with E-state index in [0.717, 1.165) is 49.4 Å². The molecule has 0 aliphatic carbocycles. The predicted octanol–water partition coefficient (Wildman–Crippen LogP) is 5.12. The van der Waals surface area contributed by atoms with Crippen molar-refractivity contribution in [1.29, 1.82) is 0 Å². The van der Waals surface area contributed by atoms with Crippen LogP contribution in [0.1, 0.15) is 60.8 Å². The van der Waals surface area contributed by atoms with Crippen LogP contribution < -0.4 is 9.54 Å². The lowest BCUT2D eigenvalue weighted by Crippen LogP contribution is -2.24. The van der Waals surface area contributed by atoms with Crippen LogP contribution in [0, 0.1) is 5.92 Å². The van der Waals surface area contributed by atoms with Crippen LogP contribution >= 0.6 is 11.3 Å². The molecule has 0 N–H and O–H groups in total. The highest BCUT2D eigenvalue weighted by Crippen LogP contribution is 2.33. The van der Waals surface area contributed by atoms with Crippen LogP contribution in [0.4, 0.5) is 13.2 Å². The first-order valence-electron chi connectivity index (χ1n) is 12.3. The van der Waals surface area contributed by atoms with E-state index in [-0.39, 0.29) is 28.7 Å². The molecular formula is C26H34F3N3O3S. The Hall–Kier alpha value is -2.17. The van der Waals surface area contributed by atoms with Gasteiger partial charge in [0.25, 0.3) is 5.91 Å². The van der Waals surface area contributed by atoms with Gasteiger partial charge in [0.1, 0.15) is 5.75 Å². The normalized spacial score (nSPS) is 21.9. The molecule has 0 spiro atoms. The first-order valence-corrected chi connectivity index (χ1v) is 13.2. The molecule has 0 saturated carbocycles. The maximum Gasteiger partial charge on any atom is 0.416 e. The fourth-order valence-electron chi connectivity index (χ4n) is 4.47. The van der Waals surface area contributed by atoms with Gasteiger partial charge in [0.2, 0.25) is 0 Å². The van der Waals surface area contributed by atoms with Gasteiger partial charge in [-0.25, -0.2) is 0 Å². The Morgan fingerprint density at radius 3 is 2.64 bits per heavy atom. The van der Waals surface area contributed by atoms with Crippen LogP contribution in [-0.4, -0.2) is 54.8 Å². The summed E-state index contributed by atoms with van der Waals surface area (Å²) in [5, 5.41) is 0. The van der Waals surface area contributed by atoms with Crippen LogP contribution in [0.2, 0.25) is 0 Å². The molecule has 4 rings (SSSR count). The summed E-state index contributed by atoms with van der Waals surface area (Å²) in [4.78, 5) is 21.3. The van der Waals surface area contributed by atoms with Gasteiger partial charge < -0.3 is 18.9 Å². The average Bonchev–Trinajstić information content (AvgIpc) is 3.54. The highest BCUT2D eigenvalue weighted by Gasteiger charge is 2.32. The molecule has 2 aliphatic rings. The number of hydrogen-bond donors (Lipinski definition) is 0. The van der Waals surface area contributed by atoms with Crippen molar-refractivity contribution >= 4 is 17.2 Å². The summed E-state index contributed by atoms with van der Waals surface area (Å²) in [7, 11) is 2.02. The fourth-order valence-corrected chi connectivity index (χ4v) is 5.52. The van der Waals surface area contributed by atoms with Gasteiger partial charge in [0.15, 0.2) is 4.80 Å². The highest BCUT2D eigenvalue weighted by atomic mass is 32.1. The summed E-state index contributed by atoms with van der Waals surface area (Å²) in [6.45, 7) is 9.58. The molecule has 1 aromatic heterocycles. The third-order valence-corrected chi connectivity index (χ3v) is 8.03. The zero-order chi connectivity index (χ0) is 26.1. The number of thiazole rings is 1. The standard InChI is InChI=1S/C26H34F3N3O3S/c1-25(2,3)22-15-32(14-19-6-5-11-34-19)24(36-22)30-23(33)20-12-18(26(27,28)29)7-8-21(20)35-16-17-9-10-31(4)13-17/h7-8,12,15,17,19H,5-6,9-11,13-14,16H2,1-4H3/t17-,19-/m1/s1. The summed E-state index contributed by atoms with van der Waals surface area (Å²) in [6, 6.07) is 3.04. The lowest BCUT2D eigenvalue weighted by atomic mass is 9.95. The quantitative estimate of drug-likeness (QED) is 0.526. The van der Waals surface area contributed by atoms with E-state index in [1.54, 1.807) is 0 Å². The first kappa shape index (κ1) is 26.9. The van der Waals surface area contributed by atoms with E-state index in [2.05, 4.69) is 30.7 Å². The Balaban J connectivity index is 1.68. The zero-order valence-electron chi connectivity index (χ0n) is 21.2. The van der Waals surface area contributed by atoms with Gasteiger partial charge in [-0.3, -0.25) is 4.79 Å². The second-order valence-electron chi connectivity index (χ2n) is 10.8. The van der Waals surface area contributed by atoms with Gasteiger partial charge in [-0.15, -0.1) is 11.3 Å². The van der Waals surface area contributed by atoms with Crippen molar-refractivity contribution in [3.63, 3.8) is 0 Å². The largest absolute Gasteiger partial charge is 0.492 e. The van der Waals surface area contributed by atoms with Crippen LogP contribution in [0.15, 0.2) is 29.4 Å². The smallest absolute Gasteiger partial charge is 0.416 e. The molecule has 198 valence electrons. The van der Waals surface area contributed by atoms with Gasteiger partial charge in [0, 0.05) is 30.1 Å². The van der Waals surface area contributed by atoms with Gasteiger partial charge in [-0.1, -0.05) is 20.8 Å². The number of hydrogen-bond acceptors (Lipinski definition) is 5. The summed E-state index contributed by atoms with van der Waals surface area (Å²) in [5.74, 6) is -0.356. The van der Waals surface area contributed by atoms with Crippen LogP contribution in [0.3, 0.4) is 0 Å². The van der Waals surface area contributed by atoms with Crippen molar-refractivity contribution in [2.24, 2.45) is 10.9 Å². The number of amides is 1. The summed E-state index contributed by atoms with van der Waals surface area (Å²) in [5.41, 5.74) is -1.24. The number of alkyl halides is 3. The second kappa shape index (κ2) is 10.7. The van der Waals surface area contributed by atoms with Crippen molar-refractivity contribution in [2.45, 2.75) is 64.3 Å². The molecule has 0 unspecified atom stereocenters. The van der Waals surface area contributed by atoms with E-state index in [0.29, 0.717) is 24.6 Å². The SMILES string of the molecule is CN1CC[C@@H](COc2ccc(C(F)(F)F)cc2C(=O)N=c2sc(C(C)(C)C)cn2C[C@H]2CCCO2)C1. The first-order chi connectivity index (χ1) is 16.9. The molecule has 0 radical (unpaired) electrons. The monoisotopic (exact) mass is 525 g/mol. The van der Waals surface area contributed by atoms with Gasteiger partial charge >= 0.3 is 6.18 Å². The highest BCUT2D eigenvalue weighted by molar-refractivity contribution is 7.09. The summed E-state index contributed by atoms with van der Waals surface area (Å²) < 4.78 is 54.0. The number of nitrogens with zero attached hydrogens (tertiary/aromatic N) is 3. The molecule has 2 fully saturated rings. The van der Waals surface area contributed by atoms with Gasteiger partial charge in [0.05, 0.1) is 30.4 Å². The van der Waals surface area contributed by atoms with Gasteiger partial charge in [-0.2, -0.15) is 18.2 Å². The molecule has 10 heteroatoms. The molecule has 3 heterocycles. The van der Waals surface area contributed by atoms with Crippen molar-refractivity contribution in [1.82, 2.24) is 9.47 Å². The third kappa shape index (κ3) is 6.58. The van der Waals surface area contributed by atoms with Crippen molar-refractivity contribution in [2.75, 3.05) is 33.4 Å². The zero-order valence-corrected chi connectivity index (χ0v) is 22.0. The maximum atomic E-state index is 13.5. The molecule has 36 heavy (non-hydrogen) atoms. The van der Waals surface area contributed by atoms with E-state index in [4.69, 9.17) is 9.47 Å². The van der Waals surface area contributed by atoms with Crippen LogP contribution in [0.5, 0.6) is 5.75 Å². The minimum Gasteiger partial charge on any atom is -0.492 e. The Kier molecular flexibility index (Phi) is 7.97. The molecular weight excluding hydrogens is 491 g/mol. The molecule has 6 nitrogen and oxygen atoms in total. The average molecular weight is 526 g/mol. The van der Waals surface area contributed by atoms with E-state index in [1.165, 1.54) is 17.4 Å². The number of likely N-dealkylation sites (tertiary alicyclic amines) is 1. The molecule has 0 bridgehead atoms. The van der Waals surface area contributed by atoms with E-state index in [9.17, 15) is 18.0 Å². The van der Waals surface area contributed by atoms with Gasteiger partial charge in [-0.05, 0) is 56.5 Å². The lowest BCUT2D eigenvalue weighted by Gasteiger charge is -2.16. The molecule has 2 saturated heterocycles. The number of ether oxygens (including phenoxy) is 2. The second-order valence-corrected chi connectivity index (χ2v) is 11.8. The number of benzene rings is 1. The molecule has 1 aromatic carbocycles. The van der Waals surface area contributed by atoms with Crippen molar-refractivity contribution < 1.29 is 27.4 Å². The van der Waals surface area contributed by atoms with E-state index in [1.807, 2.05) is 17.8 Å². The number of rotatable bonds is 6. The molecule has 2 aliphatic heterocycles. The molecule has 2 aromatic rings. The third-order valence-electron chi connectivity index (χ3n) is 6.58. The van der Waals surface area contributed by atoms with Crippen LogP contribution in [0.25, 0.3) is 0 Å². The topological polar surface area (TPSA) is 56.1 Å². The molecule has 1 amide bonds. The predicted molar refractivity (Wildman–Crippen MR) is 132 cm³/mol. The fraction of sp³-hybridized carbons (Fsp3) is 0.615. The molecule has 2 atom stereocenters. The Labute approximate surface area is 213 Å². The van der Waals surface area contributed by atoms with Crippen LogP contribution in [-0.2, 0) is 22.9 Å². The Morgan fingerprint density at radius 1 is 1.25 bits per heavy atom. The number of aromatic nitrogens is 1. The van der Waals surface area contributed by atoms with E-state index < -0.39 is 17.6 Å². The Morgan fingerprint density at radius 2 is 2.03 bits per heavy atom. The van der Waals surface area contributed by atoms with Crippen molar-refractivity contribution in [3.05, 3.63) is 45.2 Å². The number of carbonyl (C=O) groups is 1. The summed E-state index contributed by atoms with van der Waals surface area (Å²) in [6.07, 6.45) is 0.261. The number of carbonyl (C=O) groups excluding carboxylic acids is 1. The van der Waals surface area contributed by atoms with E-state index >= 15 is 0 Å². The maximum absolute atomic E-state index is 13.5. The van der Waals surface area contributed by atoms with Crippen molar-refractivity contribution in [3.8, 4) is 5.75 Å². The number of halogens is 3. The minimum absolute atomic E-state index is 0.0264. The minimum atomic E-state index is -4.58.